The second kappa shape index (κ2) is 31.8. The topological polar surface area (TPSA) is 102 Å². The average molecular weight is 678 g/mol. The number of rotatable bonds is 33. The molecular formula is C40H71NO7. The van der Waals surface area contributed by atoms with E-state index in [1.165, 1.54) is 77.0 Å². The first kappa shape index (κ1) is 45.6. The van der Waals surface area contributed by atoms with Crippen LogP contribution in [0.15, 0.2) is 36.5 Å². The Bertz CT molecular complexity index is 891. The fourth-order valence-corrected chi connectivity index (χ4v) is 5.37. The van der Waals surface area contributed by atoms with Gasteiger partial charge in [0.15, 0.2) is 6.10 Å². The SMILES string of the molecule is CC/C=C/C/C=C/C/C=C/CC(=O)OCC(COCCC(C(=O)[O-])[N+](C)(C)C)OC(=O)CCCCCCCCCCCCCCCCC. The number of carbonyl (C=O) groups is 3. The molecule has 0 spiro atoms. The van der Waals surface area contributed by atoms with Gasteiger partial charge in [-0.2, -0.15) is 0 Å². The summed E-state index contributed by atoms with van der Waals surface area (Å²) < 4.78 is 16.9. The van der Waals surface area contributed by atoms with E-state index in [1.807, 2.05) is 6.08 Å². The van der Waals surface area contributed by atoms with Gasteiger partial charge in [0, 0.05) is 12.8 Å². The van der Waals surface area contributed by atoms with Crippen LogP contribution in [-0.4, -0.2) is 75.5 Å². The zero-order valence-electron chi connectivity index (χ0n) is 31.4. The Labute approximate surface area is 293 Å². The predicted molar refractivity (Wildman–Crippen MR) is 194 cm³/mol. The number of unbranched alkanes of at least 4 members (excludes halogenated alkanes) is 14. The number of hydrogen-bond acceptors (Lipinski definition) is 7. The summed E-state index contributed by atoms with van der Waals surface area (Å²) in [6.07, 6.45) is 33.5. The smallest absolute Gasteiger partial charge is 0.309 e. The summed E-state index contributed by atoms with van der Waals surface area (Å²) in [5.41, 5.74) is 0. The third-order valence-electron chi connectivity index (χ3n) is 8.32. The molecule has 0 heterocycles. The molecule has 0 saturated carbocycles. The Balaban J connectivity index is 4.45. The van der Waals surface area contributed by atoms with Gasteiger partial charge in [0.2, 0.25) is 0 Å². The molecule has 8 heteroatoms. The number of carbonyl (C=O) groups excluding carboxylic acids is 3. The van der Waals surface area contributed by atoms with Crippen LogP contribution in [0.25, 0.3) is 0 Å². The monoisotopic (exact) mass is 678 g/mol. The number of carboxylic acids is 1. The molecule has 0 aliphatic carbocycles. The molecule has 0 amide bonds. The first-order chi connectivity index (χ1) is 23.1. The summed E-state index contributed by atoms with van der Waals surface area (Å²) in [7, 11) is 5.37. The summed E-state index contributed by atoms with van der Waals surface area (Å²) in [5, 5.41) is 11.6. The minimum atomic E-state index is -1.14. The maximum absolute atomic E-state index is 12.6. The minimum absolute atomic E-state index is 0.0158. The van der Waals surface area contributed by atoms with E-state index in [0.29, 0.717) is 6.42 Å². The van der Waals surface area contributed by atoms with Gasteiger partial charge in [0.1, 0.15) is 12.6 Å². The lowest BCUT2D eigenvalue weighted by atomic mass is 10.0. The third-order valence-corrected chi connectivity index (χ3v) is 8.32. The highest BCUT2D eigenvalue weighted by Gasteiger charge is 2.25. The highest BCUT2D eigenvalue weighted by atomic mass is 16.6. The van der Waals surface area contributed by atoms with Crippen LogP contribution in [0.2, 0.25) is 0 Å². The van der Waals surface area contributed by atoms with Crippen LogP contribution in [0.1, 0.15) is 149 Å². The normalized spacial score (nSPS) is 13.4. The van der Waals surface area contributed by atoms with Crippen LogP contribution in [0, 0.1) is 0 Å². The highest BCUT2D eigenvalue weighted by molar-refractivity contribution is 5.71. The lowest BCUT2D eigenvalue weighted by molar-refractivity contribution is -0.889. The van der Waals surface area contributed by atoms with Crippen molar-refractivity contribution in [1.82, 2.24) is 0 Å². The molecule has 2 unspecified atom stereocenters. The number of esters is 2. The van der Waals surface area contributed by atoms with Gasteiger partial charge >= 0.3 is 11.9 Å². The van der Waals surface area contributed by atoms with Gasteiger partial charge in [-0.15, -0.1) is 0 Å². The molecule has 0 rings (SSSR count). The summed E-state index contributed by atoms with van der Waals surface area (Å²) in [4.78, 5) is 36.5. The number of quaternary nitrogens is 1. The maximum atomic E-state index is 12.6. The van der Waals surface area contributed by atoms with Crippen molar-refractivity contribution in [3.05, 3.63) is 36.5 Å². The second-order valence-corrected chi connectivity index (χ2v) is 13.8. The van der Waals surface area contributed by atoms with E-state index in [1.54, 1.807) is 27.2 Å². The third kappa shape index (κ3) is 29.7. The van der Waals surface area contributed by atoms with Crippen LogP contribution >= 0.6 is 0 Å². The summed E-state index contributed by atoms with van der Waals surface area (Å²) in [6.45, 7) is 4.42. The lowest BCUT2D eigenvalue weighted by Gasteiger charge is -2.34. The summed E-state index contributed by atoms with van der Waals surface area (Å²) in [5.74, 6) is -1.89. The van der Waals surface area contributed by atoms with Crippen LogP contribution in [0.3, 0.4) is 0 Å². The van der Waals surface area contributed by atoms with Crippen molar-refractivity contribution in [1.29, 1.82) is 0 Å². The van der Waals surface area contributed by atoms with E-state index in [-0.39, 0.29) is 43.1 Å². The highest BCUT2D eigenvalue weighted by Crippen LogP contribution is 2.14. The summed E-state index contributed by atoms with van der Waals surface area (Å²) >= 11 is 0. The van der Waals surface area contributed by atoms with Crippen molar-refractivity contribution >= 4 is 17.9 Å². The predicted octanol–water partition coefficient (Wildman–Crippen LogP) is 8.18. The van der Waals surface area contributed by atoms with Gasteiger partial charge in [-0.1, -0.05) is 140 Å². The van der Waals surface area contributed by atoms with Crippen molar-refractivity contribution in [3.8, 4) is 0 Å². The standard InChI is InChI=1S/C40H71NO7/c1-6-8-10-12-14-16-17-18-19-20-21-23-25-27-29-31-39(43)48-36(34-46-33-32-37(40(44)45)41(3,4)5)35-47-38(42)30-28-26-24-22-15-13-11-9-7-2/h9,11,15,22,26,28,36-37H,6-8,10,12-14,16-21,23-25,27,29-35H2,1-5H3/b11-9+,22-15+,28-26+. The van der Waals surface area contributed by atoms with E-state index < -0.39 is 24.1 Å². The molecular weight excluding hydrogens is 606 g/mol. The van der Waals surface area contributed by atoms with Crippen molar-refractivity contribution in [2.75, 3.05) is 41.0 Å². The molecule has 0 N–H and O–H groups in total. The molecule has 0 saturated heterocycles. The number of nitrogens with zero attached hydrogens (tertiary/aromatic N) is 1. The van der Waals surface area contributed by atoms with Crippen molar-refractivity contribution in [3.63, 3.8) is 0 Å². The first-order valence-electron chi connectivity index (χ1n) is 19.0. The Morgan fingerprint density at radius 1 is 0.646 bits per heavy atom. The van der Waals surface area contributed by atoms with Gasteiger partial charge in [-0.05, 0) is 25.7 Å². The van der Waals surface area contributed by atoms with Crippen LogP contribution in [-0.2, 0) is 28.6 Å². The number of allylic oxidation sites excluding steroid dienone is 5. The molecule has 2 atom stereocenters. The molecule has 0 radical (unpaired) electrons. The van der Waals surface area contributed by atoms with E-state index in [9.17, 15) is 19.5 Å². The van der Waals surface area contributed by atoms with Crippen LogP contribution < -0.4 is 5.11 Å². The molecule has 0 fully saturated rings. The Hall–Kier alpha value is -2.45. The van der Waals surface area contributed by atoms with E-state index >= 15 is 0 Å². The number of carboxylic acid groups (broad SMARTS) is 1. The molecule has 0 aromatic rings. The lowest BCUT2D eigenvalue weighted by Crippen LogP contribution is -2.55. The van der Waals surface area contributed by atoms with Gasteiger partial charge < -0.3 is 28.6 Å². The van der Waals surface area contributed by atoms with Gasteiger partial charge in [-0.3, -0.25) is 9.59 Å². The maximum Gasteiger partial charge on any atom is 0.309 e. The Morgan fingerprint density at radius 3 is 1.65 bits per heavy atom. The molecule has 8 nitrogen and oxygen atoms in total. The van der Waals surface area contributed by atoms with Gasteiger partial charge in [-0.25, -0.2) is 0 Å². The first-order valence-corrected chi connectivity index (χ1v) is 19.0. The quantitative estimate of drug-likeness (QED) is 0.0299. The van der Waals surface area contributed by atoms with Gasteiger partial charge in [0.25, 0.3) is 0 Å². The zero-order valence-corrected chi connectivity index (χ0v) is 31.4. The van der Waals surface area contributed by atoms with E-state index in [2.05, 4.69) is 38.2 Å². The minimum Gasteiger partial charge on any atom is -0.544 e. The van der Waals surface area contributed by atoms with Crippen molar-refractivity contribution in [2.45, 2.75) is 161 Å². The number of aliphatic carboxylic acids is 1. The van der Waals surface area contributed by atoms with E-state index in [4.69, 9.17) is 14.2 Å². The van der Waals surface area contributed by atoms with Crippen LogP contribution in [0.4, 0.5) is 0 Å². The second-order valence-electron chi connectivity index (χ2n) is 13.8. The average Bonchev–Trinajstić information content (AvgIpc) is 3.03. The van der Waals surface area contributed by atoms with Gasteiger partial charge in [0.05, 0.1) is 46.7 Å². The molecule has 0 aromatic heterocycles. The van der Waals surface area contributed by atoms with Crippen molar-refractivity contribution in [2.24, 2.45) is 0 Å². The molecule has 0 aliphatic rings. The fourth-order valence-electron chi connectivity index (χ4n) is 5.37. The zero-order chi connectivity index (χ0) is 35.7. The molecule has 278 valence electrons. The number of ether oxygens (including phenoxy) is 3. The van der Waals surface area contributed by atoms with Crippen LogP contribution in [0.5, 0.6) is 0 Å². The molecule has 0 aliphatic heterocycles. The fraction of sp³-hybridized carbons (Fsp3) is 0.775. The number of likely N-dealkylation sites (N-methyl/N-ethyl adjacent to an activating group) is 1. The summed E-state index contributed by atoms with van der Waals surface area (Å²) in [6, 6.07) is -0.733. The Kier molecular flexibility index (Phi) is 30.2. The number of hydrogen-bond donors (Lipinski definition) is 0. The molecule has 0 aromatic carbocycles. The molecule has 0 bridgehead atoms. The van der Waals surface area contributed by atoms with Crippen molar-refractivity contribution < 1.29 is 38.2 Å². The molecule has 48 heavy (non-hydrogen) atoms. The largest absolute Gasteiger partial charge is 0.544 e. The van der Waals surface area contributed by atoms with E-state index in [0.717, 1.165) is 38.5 Å². The Morgan fingerprint density at radius 2 is 1.15 bits per heavy atom.